The maximum absolute atomic E-state index is 13.4. The van der Waals surface area contributed by atoms with Gasteiger partial charge in [0.1, 0.15) is 18.1 Å². The van der Waals surface area contributed by atoms with E-state index in [9.17, 15) is 29.1 Å². The number of carboxylic acids is 1. The summed E-state index contributed by atoms with van der Waals surface area (Å²) in [6.07, 6.45) is 1.90. The zero-order chi connectivity index (χ0) is 26.7. The van der Waals surface area contributed by atoms with Crippen LogP contribution in [0.1, 0.15) is 51.5 Å². The molecule has 5 unspecified atom stereocenters. The van der Waals surface area contributed by atoms with Crippen molar-refractivity contribution in [2.45, 2.75) is 76.5 Å². The molecule has 4 amide bonds. The lowest BCUT2D eigenvalue weighted by atomic mass is 9.96. The van der Waals surface area contributed by atoms with Crippen molar-refractivity contribution in [1.29, 1.82) is 0 Å². The average Bonchev–Trinajstić information content (AvgIpc) is 3.39. The number of nitrogens with two attached hydrogens (primary N) is 1. The van der Waals surface area contributed by atoms with Crippen LogP contribution in [0.5, 0.6) is 0 Å². The fraction of sp³-hybridized carbons (Fsp3) is 0.560. The Balaban J connectivity index is 2.18. The van der Waals surface area contributed by atoms with Crippen LogP contribution in [-0.2, 0) is 30.4 Å². The molecule has 1 aromatic carbocycles. The van der Waals surface area contributed by atoms with Crippen LogP contribution in [0.3, 0.4) is 0 Å². The van der Waals surface area contributed by atoms with Gasteiger partial charge in [-0.3, -0.25) is 19.2 Å². The SMILES string of the molecule is CCC(C)C(NC(=O)C(Cc1ccccc1)NC(=O)C1CCCN1)C(=O)NC(CCC(N)=O)C(=O)O. The van der Waals surface area contributed by atoms with Crippen LogP contribution in [0.25, 0.3) is 0 Å². The molecule has 1 aliphatic rings. The third kappa shape index (κ3) is 8.95. The molecule has 5 atom stereocenters. The highest BCUT2D eigenvalue weighted by molar-refractivity contribution is 5.94. The molecular formula is C25H37N5O6. The number of aliphatic carboxylic acids is 1. The van der Waals surface area contributed by atoms with Crippen molar-refractivity contribution in [2.24, 2.45) is 11.7 Å². The molecule has 1 heterocycles. The molecule has 2 rings (SSSR count). The normalized spacial score (nSPS) is 18.3. The molecule has 0 spiro atoms. The molecule has 36 heavy (non-hydrogen) atoms. The van der Waals surface area contributed by atoms with Crippen LogP contribution in [0.4, 0.5) is 0 Å². The first-order valence-corrected chi connectivity index (χ1v) is 12.3. The molecule has 1 aliphatic heterocycles. The number of hydrogen-bond donors (Lipinski definition) is 6. The molecule has 7 N–H and O–H groups in total. The molecule has 11 heteroatoms. The minimum atomic E-state index is -1.33. The van der Waals surface area contributed by atoms with Gasteiger partial charge in [0.15, 0.2) is 0 Å². The zero-order valence-corrected chi connectivity index (χ0v) is 20.8. The van der Waals surface area contributed by atoms with Crippen LogP contribution in [0.2, 0.25) is 0 Å². The van der Waals surface area contributed by atoms with Gasteiger partial charge in [-0.25, -0.2) is 4.79 Å². The van der Waals surface area contributed by atoms with Gasteiger partial charge in [-0.1, -0.05) is 50.6 Å². The number of benzene rings is 1. The lowest BCUT2D eigenvalue weighted by Gasteiger charge is -2.28. The second-order valence-corrected chi connectivity index (χ2v) is 9.18. The highest BCUT2D eigenvalue weighted by Crippen LogP contribution is 2.12. The smallest absolute Gasteiger partial charge is 0.326 e. The molecule has 0 radical (unpaired) electrons. The van der Waals surface area contributed by atoms with E-state index in [0.717, 1.165) is 18.5 Å². The number of primary amides is 1. The topological polar surface area (TPSA) is 180 Å². The van der Waals surface area contributed by atoms with Crippen LogP contribution in [0.15, 0.2) is 30.3 Å². The Kier molecular flexibility index (Phi) is 11.3. The van der Waals surface area contributed by atoms with E-state index in [1.807, 2.05) is 37.3 Å². The lowest BCUT2D eigenvalue weighted by molar-refractivity contribution is -0.143. The van der Waals surface area contributed by atoms with Crippen molar-refractivity contribution in [3.8, 4) is 0 Å². The van der Waals surface area contributed by atoms with E-state index in [-0.39, 0.29) is 37.1 Å². The fourth-order valence-electron chi connectivity index (χ4n) is 4.00. The van der Waals surface area contributed by atoms with Gasteiger partial charge in [-0.05, 0) is 37.3 Å². The van der Waals surface area contributed by atoms with Crippen LogP contribution < -0.4 is 27.0 Å². The molecule has 0 bridgehead atoms. The first-order chi connectivity index (χ1) is 17.1. The van der Waals surface area contributed by atoms with E-state index in [4.69, 9.17) is 5.73 Å². The van der Waals surface area contributed by atoms with E-state index in [0.29, 0.717) is 12.8 Å². The van der Waals surface area contributed by atoms with E-state index in [1.54, 1.807) is 6.92 Å². The van der Waals surface area contributed by atoms with Crippen molar-refractivity contribution < 1.29 is 29.1 Å². The van der Waals surface area contributed by atoms with Crippen molar-refractivity contribution in [2.75, 3.05) is 6.54 Å². The second-order valence-electron chi connectivity index (χ2n) is 9.18. The van der Waals surface area contributed by atoms with E-state index in [2.05, 4.69) is 21.3 Å². The number of rotatable bonds is 14. The zero-order valence-electron chi connectivity index (χ0n) is 20.8. The first kappa shape index (κ1) is 28.8. The number of carbonyl (C=O) groups excluding carboxylic acids is 4. The number of hydrogen-bond acceptors (Lipinski definition) is 6. The Morgan fingerprint density at radius 2 is 1.75 bits per heavy atom. The number of carbonyl (C=O) groups is 5. The monoisotopic (exact) mass is 503 g/mol. The molecule has 11 nitrogen and oxygen atoms in total. The second kappa shape index (κ2) is 14.2. The van der Waals surface area contributed by atoms with Gasteiger partial charge in [0.25, 0.3) is 0 Å². The van der Waals surface area contributed by atoms with E-state index >= 15 is 0 Å². The van der Waals surface area contributed by atoms with Crippen molar-refractivity contribution >= 4 is 29.6 Å². The predicted molar refractivity (Wildman–Crippen MR) is 132 cm³/mol. The third-order valence-corrected chi connectivity index (χ3v) is 6.38. The summed E-state index contributed by atoms with van der Waals surface area (Å²) in [7, 11) is 0. The minimum absolute atomic E-state index is 0.168. The Hall–Kier alpha value is -3.47. The highest BCUT2D eigenvalue weighted by atomic mass is 16.4. The highest BCUT2D eigenvalue weighted by Gasteiger charge is 2.33. The van der Waals surface area contributed by atoms with Crippen LogP contribution in [-0.4, -0.2) is 65.4 Å². The van der Waals surface area contributed by atoms with E-state index in [1.165, 1.54) is 0 Å². The fourth-order valence-corrected chi connectivity index (χ4v) is 4.00. The summed E-state index contributed by atoms with van der Waals surface area (Å²) in [5.74, 6) is -3.84. The molecule has 198 valence electrons. The van der Waals surface area contributed by atoms with Crippen LogP contribution in [0, 0.1) is 5.92 Å². The molecule has 1 saturated heterocycles. The molecule has 0 aromatic heterocycles. The predicted octanol–water partition coefficient (Wildman–Crippen LogP) is -0.168. The molecular weight excluding hydrogens is 466 g/mol. The van der Waals surface area contributed by atoms with Gasteiger partial charge >= 0.3 is 5.97 Å². The summed E-state index contributed by atoms with van der Waals surface area (Å²) < 4.78 is 0. The van der Waals surface area contributed by atoms with Gasteiger partial charge in [-0.2, -0.15) is 0 Å². The van der Waals surface area contributed by atoms with Gasteiger partial charge in [-0.15, -0.1) is 0 Å². The number of amides is 4. The van der Waals surface area contributed by atoms with Crippen molar-refractivity contribution in [1.82, 2.24) is 21.3 Å². The summed E-state index contributed by atoms with van der Waals surface area (Å²) in [6, 6.07) is 5.50. The summed E-state index contributed by atoms with van der Waals surface area (Å²) in [4.78, 5) is 61.8. The van der Waals surface area contributed by atoms with Crippen LogP contribution >= 0.6 is 0 Å². The van der Waals surface area contributed by atoms with Gasteiger partial charge in [0.05, 0.1) is 6.04 Å². The maximum Gasteiger partial charge on any atom is 0.326 e. The number of carboxylic acid groups (broad SMARTS) is 1. The average molecular weight is 504 g/mol. The number of nitrogens with one attached hydrogen (secondary N) is 4. The summed E-state index contributed by atoms with van der Waals surface area (Å²) in [5, 5.41) is 20.5. The van der Waals surface area contributed by atoms with Crippen molar-refractivity contribution in [3.05, 3.63) is 35.9 Å². The van der Waals surface area contributed by atoms with Gasteiger partial charge < -0.3 is 32.1 Å². The quantitative estimate of drug-likeness (QED) is 0.204. The summed E-state index contributed by atoms with van der Waals surface area (Å²) >= 11 is 0. The van der Waals surface area contributed by atoms with Crippen molar-refractivity contribution in [3.63, 3.8) is 0 Å². The first-order valence-electron chi connectivity index (χ1n) is 12.3. The molecule has 0 saturated carbocycles. The Morgan fingerprint density at radius 1 is 1.06 bits per heavy atom. The Bertz CT molecular complexity index is 919. The molecule has 1 aromatic rings. The Morgan fingerprint density at radius 3 is 2.31 bits per heavy atom. The molecule has 0 aliphatic carbocycles. The standard InChI is InChI=1S/C25H37N5O6/c1-3-15(2)21(24(34)28-18(25(35)36)11-12-20(26)31)30-23(33)19(14-16-8-5-4-6-9-16)29-22(32)17-10-7-13-27-17/h4-6,8-9,15,17-19,21,27H,3,7,10-14H2,1-2H3,(H2,26,31)(H,28,34)(H,29,32)(H,30,33)(H,35,36). The Labute approximate surface area is 211 Å². The minimum Gasteiger partial charge on any atom is -0.480 e. The summed E-state index contributed by atoms with van der Waals surface area (Å²) in [6.45, 7) is 4.33. The van der Waals surface area contributed by atoms with Gasteiger partial charge in [0, 0.05) is 12.8 Å². The molecule has 1 fully saturated rings. The lowest BCUT2D eigenvalue weighted by Crippen LogP contribution is -2.59. The maximum atomic E-state index is 13.4. The van der Waals surface area contributed by atoms with E-state index < -0.39 is 41.8 Å². The third-order valence-electron chi connectivity index (χ3n) is 6.38. The van der Waals surface area contributed by atoms with Gasteiger partial charge in [0.2, 0.25) is 23.6 Å². The largest absolute Gasteiger partial charge is 0.480 e. The summed E-state index contributed by atoms with van der Waals surface area (Å²) in [5.41, 5.74) is 5.94.